The summed E-state index contributed by atoms with van der Waals surface area (Å²) < 4.78 is 1.71. The Morgan fingerprint density at radius 1 is 1.08 bits per heavy atom. The van der Waals surface area contributed by atoms with Gasteiger partial charge in [-0.25, -0.2) is 0 Å². The van der Waals surface area contributed by atoms with Gasteiger partial charge in [0.15, 0.2) is 0 Å². The van der Waals surface area contributed by atoms with E-state index in [0.717, 1.165) is 16.8 Å². The van der Waals surface area contributed by atoms with Crippen molar-refractivity contribution in [2.24, 2.45) is 7.05 Å². The summed E-state index contributed by atoms with van der Waals surface area (Å²) >= 11 is 0. The van der Waals surface area contributed by atoms with Crippen molar-refractivity contribution in [3.05, 3.63) is 90.3 Å². The Bertz CT molecular complexity index is 822. The first kappa shape index (κ1) is 15.7. The fourth-order valence-electron chi connectivity index (χ4n) is 2.45. The molecule has 120 valence electrons. The van der Waals surface area contributed by atoms with Crippen LogP contribution in [0.1, 0.15) is 11.1 Å². The van der Waals surface area contributed by atoms with Gasteiger partial charge in [-0.15, -0.1) is 0 Å². The average Bonchev–Trinajstić information content (AvgIpc) is 3.04. The van der Waals surface area contributed by atoms with Gasteiger partial charge in [0.1, 0.15) is 0 Å². The standard InChI is InChI=1S/C20H19N3O/c1-22-15-18(14-21-22)12-13-20(24)23(19-10-6-3-7-11-19)16-17-8-4-2-5-9-17/h2-15H,16H2,1H3. The molecule has 0 aliphatic rings. The molecule has 0 aliphatic carbocycles. The first-order chi connectivity index (χ1) is 11.7. The second-order valence-corrected chi connectivity index (χ2v) is 5.53. The van der Waals surface area contributed by atoms with E-state index in [9.17, 15) is 4.79 Å². The number of hydrogen-bond donors (Lipinski definition) is 0. The molecule has 2 aromatic carbocycles. The van der Waals surface area contributed by atoms with Gasteiger partial charge in [-0.2, -0.15) is 5.10 Å². The van der Waals surface area contributed by atoms with Crippen LogP contribution in [0.25, 0.3) is 6.08 Å². The van der Waals surface area contributed by atoms with Crippen LogP contribution in [-0.2, 0) is 18.4 Å². The van der Waals surface area contributed by atoms with Crippen molar-refractivity contribution >= 4 is 17.7 Å². The molecule has 3 rings (SSSR count). The van der Waals surface area contributed by atoms with Crippen LogP contribution < -0.4 is 4.90 Å². The van der Waals surface area contributed by atoms with E-state index in [4.69, 9.17) is 0 Å². The number of amides is 1. The molecule has 0 N–H and O–H groups in total. The van der Waals surface area contributed by atoms with Crippen LogP contribution in [0.3, 0.4) is 0 Å². The third-order valence-corrected chi connectivity index (χ3v) is 3.66. The van der Waals surface area contributed by atoms with Gasteiger partial charge >= 0.3 is 0 Å². The van der Waals surface area contributed by atoms with Crippen molar-refractivity contribution in [3.8, 4) is 0 Å². The Hall–Kier alpha value is -3.14. The minimum atomic E-state index is -0.0612. The van der Waals surface area contributed by atoms with E-state index in [2.05, 4.69) is 5.10 Å². The highest BCUT2D eigenvalue weighted by molar-refractivity contribution is 6.03. The molecule has 0 saturated carbocycles. The molecular formula is C20H19N3O. The van der Waals surface area contributed by atoms with Gasteiger partial charge in [0, 0.05) is 30.6 Å². The van der Waals surface area contributed by atoms with E-state index in [1.54, 1.807) is 27.9 Å². The van der Waals surface area contributed by atoms with Crippen LogP contribution in [0.2, 0.25) is 0 Å². The zero-order valence-corrected chi connectivity index (χ0v) is 13.5. The lowest BCUT2D eigenvalue weighted by Gasteiger charge is -2.21. The number of hydrogen-bond acceptors (Lipinski definition) is 2. The van der Waals surface area contributed by atoms with Gasteiger partial charge in [0.2, 0.25) is 0 Å². The molecule has 0 saturated heterocycles. The number of nitrogens with zero attached hydrogens (tertiary/aromatic N) is 3. The lowest BCUT2D eigenvalue weighted by atomic mass is 10.2. The summed E-state index contributed by atoms with van der Waals surface area (Å²) in [4.78, 5) is 14.5. The van der Waals surface area contributed by atoms with Crippen LogP contribution in [0.4, 0.5) is 5.69 Å². The second kappa shape index (κ2) is 7.42. The van der Waals surface area contributed by atoms with E-state index in [-0.39, 0.29) is 5.91 Å². The normalized spacial score (nSPS) is 10.9. The van der Waals surface area contributed by atoms with Crippen molar-refractivity contribution in [2.45, 2.75) is 6.54 Å². The predicted octanol–water partition coefficient (Wildman–Crippen LogP) is 3.67. The van der Waals surface area contributed by atoms with Gasteiger partial charge in [-0.1, -0.05) is 48.5 Å². The third-order valence-electron chi connectivity index (χ3n) is 3.66. The molecular weight excluding hydrogens is 298 g/mol. The summed E-state index contributed by atoms with van der Waals surface area (Å²) in [7, 11) is 1.85. The lowest BCUT2D eigenvalue weighted by molar-refractivity contribution is -0.114. The number of benzene rings is 2. The average molecular weight is 317 g/mol. The SMILES string of the molecule is Cn1cc(C=CC(=O)N(Cc2ccccc2)c2ccccc2)cn1. The number of aryl methyl sites for hydroxylation is 1. The molecule has 0 atom stereocenters. The van der Waals surface area contributed by atoms with Crippen LogP contribution in [0.15, 0.2) is 79.1 Å². The molecule has 3 aromatic rings. The van der Waals surface area contributed by atoms with Crippen LogP contribution in [0.5, 0.6) is 0 Å². The number of anilines is 1. The van der Waals surface area contributed by atoms with Gasteiger partial charge in [0.05, 0.1) is 12.7 Å². The minimum Gasteiger partial charge on any atom is -0.304 e. The van der Waals surface area contributed by atoms with Crippen molar-refractivity contribution in [3.63, 3.8) is 0 Å². The maximum absolute atomic E-state index is 12.7. The van der Waals surface area contributed by atoms with E-state index >= 15 is 0 Å². The van der Waals surface area contributed by atoms with Crippen molar-refractivity contribution < 1.29 is 4.79 Å². The highest BCUT2D eigenvalue weighted by atomic mass is 16.2. The highest BCUT2D eigenvalue weighted by Gasteiger charge is 2.13. The molecule has 0 aliphatic heterocycles. The first-order valence-corrected chi connectivity index (χ1v) is 7.79. The minimum absolute atomic E-state index is 0.0612. The van der Waals surface area contributed by atoms with Gasteiger partial charge in [-0.3, -0.25) is 9.48 Å². The van der Waals surface area contributed by atoms with E-state index < -0.39 is 0 Å². The smallest absolute Gasteiger partial charge is 0.251 e. The largest absolute Gasteiger partial charge is 0.304 e. The molecule has 1 heterocycles. The molecule has 24 heavy (non-hydrogen) atoms. The number of carbonyl (C=O) groups is 1. The first-order valence-electron chi connectivity index (χ1n) is 7.79. The van der Waals surface area contributed by atoms with E-state index in [0.29, 0.717) is 6.54 Å². The van der Waals surface area contributed by atoms with Crippen LogP contribution >= 0.6 is 0 Å². The number of para-hydroxylation sites is 1. The summed E-state index contributed by atoms with van der Waals surface area (Å²) in [6.45, 7) is 0.529. The fraction of sp³-hybridized carbons (Fsp3) is 0.100. The molecule has 0 unspecified atom stereocenters. The monoisotopic (exact) mass is 317 g/mol. The zero-order valence-electron chi connectivity index (χ0n) is 13.5. The maximum Gasteiger partial charge on any atom is 0.251 e. The molecule has 4 nitrogen and oxygen atoms in total. The highest BCUT2D eigenvalue weighted by Crippen LogP contribution is 2.18. The fourth-order valence-corrected chi connectivity index (χ4v) is 2.45. The predicted molar refractivity (Wildman–Crippen MR) is 96.3 cm³/mol. The second-order valence-electron chi connectivity index (χ2n) is 5.53. The van der Waals surface area contributed by atoms with Gasteiger partial charge in [-0.05, 0) is 23.8 Å². The van der Waals surface area contributed by atoms with Crippen molar-refractivity contribution in [2.75, 3.05) is 4.90 Å². The summed E-state index contributed by atoms with van der Waals surface area (Å²) in [5, 5.41) is 4.11. The lowest BCUT2D eigenvalue weighted by Crippen LogP contribution is -2.28. The Kier molecular flexibility index (Phi) is 4.87. The van der Waals surface area contributed by atoms with E-state index in [1.165, 1.54) is 0 Å². The number of carbonyl (C=O) groups excluding carboxylic acids is 1. The Morgan fingerprint density at radius 3 is 2.38 bits per heavy atom. The zero-order chi connectivity index (χ0) is 16.8. The summed E-state index contributed by atoms with van der Waals surface area (Å²) in [5.74, 6) is -0.0612. The molecule has 0 radical (unpaired) electrons. The Morgan fingerprint density at radius 2 is 1.75 bits per heavy atom. The van der Waals surface area contributed by atoms with Crippen molar-refractivity contribution in [1.82, 2.24) is 9.78 Å². The number of rotatable bonds is 5. The molecule has 0 spiro atoms. The number of aromatic nitrogens is 2. The van der Waals surface area contributed by atoms with E-state index in [1.807, 2.05) is 73.9 Å². The molecule has 1 amide bonds. The summed E-state index contributed by atoms with van der Waals surface area (Å²) in [6.07, 6.45) is 6.98. The molecule has 4 heteroatoms. The topological polar surface area (TPSA) is 38.1 Å². The summed E-state index contributed by atoms with van der Waals surface area (Å²) in [6, 6.07) is 19.7. The van der Waals surface area contributed by atoms with Crippen molar-refractivity contribution in [1.29, 1.82) is 0 Å². The quantitative estimate of drug-likeness (QED) is 0.674. The van der Waals surface area contributed by atoms with Crippen LogP contribution in [0, 0.1) is 0 Å². The summed E-state index contributed by atoms with van der Waals surface area (Å²) in [5.41, 5.74) is 2.87. The van der Waals surface area contributed by atoms with Gasteiger partial charge in [0.25, 0.3) is 5.91 Å². The third kappa shape index (κ3) is 3.98. The van der Waals surface area contributed by atoms with Crippen LogP contribution in [-0.4, -0.2) is 15.7 Å². The Balaban J connectivity index is 1.83. The van der Waals surface area contributed by atoms with Gasteiger partial charge < -0.3 is 4.90 Å². The molecule has 1 aromatic heterocycles. The molecule has 0 bridgehead atoms. The Labute approximate surface area is 141 Å². The maximum atomic E-state index is 12.7. The molecule has 0 fully saturated rings.